The molecule has 1 aliphatic rings. The molecule has 15 heteroatoms. The minimum absolute atomic E-state index is 0.0513. The number of nitrogens with two attached hydrogens (primary N) is 1. The van der Waals surface area contributed by atoms with Gasteiger partial charge in [-0.15, -0.1) is 0 Å². The number of esters is 1. The van der Waals surface area contributed by atoms with E-state index in [9.17, 15) is 18.9 Å². The summed E-state index contributed by atoms with van der Waals surface area (Å²) in [6.07, 6.45) is 13.4. The molecular formula is C43H62FN6O7P. The number of imidazole rings is 1. The van der Waals surface area contributed by atoms with Crippen molar-refractivity contribution in [2.75, 3.05) is 12.3 Å². The Hall–Kier alpha value is -3.94. The zero-order chi connectivity index (χ0) is 41.4. The smallest absolute Gasteiger partial charge is 0.459 e. The van der Waals surface area contributed by atoms with Crippen molar-refractivity contribution in [2.45, 2.75) is 154 Å². The van der Waals surface area contributed by atoms with Crippen LogP contribution in [0, 0.1) is 6.08 Å². The average Bonchev–Trinajstić information content (AvgIpc) is 3.77. The number of nitrogen functional groups attached to an aromatic ring is 1. The van der Waals surface area contributed by atoms with Crippen LogP contribution < -0.4 is 15.3 Å². The van der Waals surface area contributed by atoms with Gasteiger partial charge < -0.3 is 24.8 Å². The lowest BCUT2D eigenvalue weighted by Crippen LogP contribution is -2.44. The molecule has 5 rings (SSSR count). The molecular weight excluding hydrogens is 762 g/mol. The predicted molar refractivity (Wildman–Crippen MR) is 222 cm³/mol. The molecule has 4 aromatic rings. The fourth-order valence-corrected chi connectivity index (χ4v) is 8.84. The fraction of sp³-hybridized carbons (Fsp3) is 0.581. The van der Waals surface area contributed by atoms with E-state index in [4.69, 9.17) is 24.3 Å². The number of anilines is 1. The Labute approximate surface area is 342 Å². The maximum Gasteiger partial charge on any atom is 0.459 e. The maximum atomic E-state index is 14.9. The summed E-state index contributed by atoms with van der Waals surface area (Å²) in [7, 11) is -4.41. The van der Waals surface area contributed by atoms with Crippen LogP contribution in [0.1, 0.15) is 129 Å². The molecule has 0 radical (unpaired) electrons. The number of rotatable bonds is 26. The molecule has 318 valence electrons. The Kier molecular flexibility index (Phi) is 17.5. The van der Waals surface area contributed by atoms with Crippen molar-refractivity contribution in [1.82, 2.24) is 24.6 Å². The molecule has 5 atom stereocenters. The number of hydrogen-bond donors (Lipinski definition) is 3. The maximum absolute atomic E-state index is 14.9. The lowest BCUT2D eigenvalue weighted by atomic mass is 10.0. The number of ether oxygens (including phenoxy) is 2. The van der Waals surface area contributed by atoms with E-state index in [-0.39, 0.29) is 41.7 Å². The number of carbonyl (C=O) groups excluding carboxylic acids is 1. The zero-order valence-corrected chi connectivity index (χ0v) is 35.2. The normalized spacial score (nSPS) is 19.7. The molecule has 0 bridgehead atoms. The first kappa shape index (κ1) is 45.1. The van der Waals surface area contributed by atoms with E-state index in [1.807, 2.05) is 30.3 Å². The van der Waals surface area contributed by atoms with Crippen molar-refractivity contribution in [2.24, 2.45) is 0 Å². The number of benzene rings is 2. The van der Waals surface area contributed by atoms with Crippen LogP contribution in [-0.4, -0.2) is 61.1 Å². The molecule has 13 nitrogen and oxygen atoms in total. The summed E-state index contributed by atoms with van der Waals surface area (Å²) in [5.74, 6) is -0.430. The Balaban J connectivity index is 1.35. The molecule has 4 N–H and O–H groups in total. The van der Waals surface area contributed by atoms with Gasteiger partial charge in [0.05, 0.1) is 19.0 Å². The standard InChI is InChI=1S/C43H62FN6O7P/c1-4-6-8-10-12-18-24-33(25-19-13-11-9-7-5-2)55-41(52)35(28-32-22-16-14-17-23-32)49-58(53,57-34-26-20-15-21-27-34)54-30-43(3)36(51)29-37(56-43)50-31-46-38-39(45)47-42(44)48-40(38)50/h14-17,20-23,26-27,31,33,35-37,51H,4-13,18-19,24-25,28-30H2,1-3H3,(H,49,53)(H2,45,47,48)/t35-,36-,37+,43+,58?/m0/s1. The largest absolute Gasteiger partial charge is 0.461 e. The molecule has 2 aromatic carbocycles. The van der Waals surface area contributed by atoms with E-state index < -0.39 is 50.4 Å². The third-order valence-corrected chi connectivity index (χ3v) is 12.2. The first-order valence-electron chi connectivity index (χ1n) is 21.0. The van der Waals surface area contributed by atoms with E-state index >= 15 is 0 Å². The molecule has 0 amide bonds. The van der Waals surface area contributed by atoms with E-state index in [1.165, 1.54) is 49.4 Å². The number of aliphatic hydroxyl groups excluding tert-OH is 1. The lowest BCUT2D eigenvalue weighted by molar-refractivity contribution is -0.152. The number of aromatic nitrogens is 4. The van der Waals surface area contributed by atoms with Gasteiger partial charge in [0.1, 0.15) is 29.7 Å². The highest BCUT2D eigenvalue weighted by atomic mass is 31.2. The first-order chi connectivity index (χ1) is 28.0. The first-order valence-corrected chi connectivity index (χ1v) is 22.6. The minimum Gasteiger partial charge on any atom is -0.461 e. The number of fused-ring (bicyclic) bond motifs is 1. The summed E-state index contributed by atoms with van der Waals surface area (Å²) in [4.78, 5) is 25.9. The number of nitrogens with one attached hydrogen (secondary N) is 1. The third kappa shape index (κ3) is 13.3. The van der Waals surface area contributed by atoms with Gasteiger partial charge in [0.25, 0.3) is 0 Å². The predicted octanol–water partition coefficient (Wildman–Crippen LogP) is 9.40. The highest BCUT2D eigenvalue weighted by Crippen LogP contribution is 2.48. The highest BCUT2D eigenvalue weighted by molar-refractivity contribution is 7.52. The summed E-state index contributed by atoms with van der Waals surface area (Å²) < 4.78 is 55.4. The molecule has 2 aromatic heterocycles. The van der Waals surface area contributed by atoms with Crippen LogP contribution in [0.3, 0.4) is 0 Å². The van der Waals surface area contributed by atoms with E-state index in [2.05, 4.69) is 33.9 Å². The Morgan fingerprint density at radius 3 is 2.21 bits per heavy atom. The van der Waals surface area contributed by atoms with Crippen LogP contribution in [0.2, 0.25) is 0 Å². The second-order valence-corrected chi connectivity index (χ2v) is 17.3. The van der Waals surface area contributed by atoms with Crippen LogP contribution in [0.25, 0.3) is 11.2 Å². The molecule has 0 saturated carbocycles. The molecule has 1 saturated heterocycles. The molecule has 0 aliphatic carbocycles. The van der Waals surface area contributed by atoms with Crippen molar-refractivity contribution in [1.29, 1.82) is 0 Å². The van der Waals surface area contributed by atoms with Gasteiger partial charge in [-0.3, -0.25) is 13.9 Å². The number of hydrogen-bond acceptors (Lipinski definition) is 11. The van der Waals surface area contributed by atoms with E-state index in [0.717, 1.165) is 56.9 Å². The topological polar surface area (TPSA) is 173 Å². The van der Waals surface area contributed by atoms with Gasteiger partial charge in [0, 0.05) is 6.42 Å². The van der Waals surface area contributed by atoms with Gasteiger partial charge in [-0.25, -0.2) is 9.55 Å². The number of aliphatic hydroxyl groups is 1. The lowest BCUT2D eigenvalue weighted by Gasteiger charge is -2.31. The van der Waals surface area contributed by atoms with Crippen molar-refractivity contribution in [3.63, 3.8) is 0 Å². The molecule has 1 fully saturated rings. The Bertz CT molecular complexity index is 1870. The van der Waals surface area contributed by atoms with E-state index in [1.54, 1.807) is 37.3 Å². The summed E-state index contributed by atoms with van der Waals surface area (Å²) >= 11 is 0. The second kappa shape index (κ2) is 22.4. The summed E-state index contributed by atoms with van der Waals surface area (Å²) in [6, 6.07) is 16.8. The van der Waals surface area contributed by atoms with Gasteiger partial charge in [0.15, 0.2) is 17.0 Å². The zero-order valence-electron chi connectivity index (χ0n) is 34.3. The molecule has 3 heterocycles. The van der Waals surface area contributed by atoms with Crippen molar-refractivity contribution in [3.8, 4) is 5.75 Å². The van der Waals surface area contributed by atoms with Gasteiger partial charge in [-0.1, -0.05) is 127 Å². The van der Waals surface area contributed by atoms with Crippen molar-refractivity contribution < 1.29 is 37.4 Å². The molecule has 1 aliphatic heterocycles. The molecule has 58 heavy (non-hydrogen) atoms. The van der Waals surface area contributed by atoms with Crippen LogP contribution in [0.15, 0.2) is 67.0 Å². The van der Waals surface area contributed by atoms with Gasteiger partial charge in [-0.2, -0.15) is 19.4 Å². The van der Waals surface area contributed by atoms with Gasteiger partial charge >= 0.3 is 19.8 Å². The fourth-order valence-electron chi connectivity index (χ4n) is 7.26. The Morgan fingerprint density at radius 2 is 1.57 bits per heavy atom. The van der Waals surface area contributed by atoms with E-state index in [0.29, 0.717) is 0 Å². The summed E-state index contributed by atoms with van der Waals surface area (Å²) in [6.45, 7) is 5.60. The summed E-state index contributed by atoms with van der Waals surface area (Å²) in [5, 5.41) is 14.3. The number of carbonyl (C=O) groups is 1. The molecule has 1 unspecified atom stereocenters. The van der Waals surface area contributed by atoms with Gasteiger partial charge in [-0.05, 0) is 56.7 Å². The SMILES string of the molecule is CCCCCCCCC(CCCCCCCC)OC(=O)[C@H](Cc1ccccc1)NP(=O)(OC[C@@]1(C)O[C@@H](n2cnc3c(N)nc(F)nc32)C[C@@H]1O)Oc1ccccc1. The number of unbranched alkanes of at least 4 members (excludes halogenated alkanes) is 10. The molecule has 0 spiro atoms. The van der Waals surface area contributed by atoms with Crippen molar-refractivity contribution >= 4 is 30.7 Å². The highest BCUT2D eigenvalue weighted by Gasteiger charge is 2.48. The van der Waals surface area contributed by atoms with Gasteiger partial charge in [0.2, 0.25) is 0 Å². The van der Waals surface area contributed by atoms with Crippen molar-refractivity contribution in [3.05, 3.63) is 78.6 Å². The number of nitrogens with zero attached hydrogens (tertiary/aromatic N) is 4. The van der Waals surface area contributed by atoms with Crippen LogP contribution in [0.5, 0.6) is 5.75 Å². The summed E-state index contributed by atoms with van der Waals surface area (Å²) in [5.41, 5.74) is 5.55. The van der Waals surface area contributed by atoms with Crippen LogP contribution in [-0.2, 0) is 29.8 Å². The van der Waals surface area contributed by atoms with Crippen LogP contribution >= 0.6 is 7.75 Å². The second-order valence-electron chi connectivity index (χ2n) is 15.6. The number of para-hydroxylation sites is 1. The number of halogens is 1. The average molecular weight is 825 g/mol. The quantitative estimate of drug-likeness (QED) is 0.0237. The minimum atomic E-state index is -4.41. The van der Waals surface area contributed by atoms with Crippen LogP contribution in [0.4, 0.5) is 10.2 Å². The monoisotopic (exact) mass is 824 g/mol. The Morgan fingerprint density at radius 1 is 0.966 bits per heavy atom. The third-order valence-electron chi connectivity index (χ3n) is 10.7.